The van der Waals surface area contributed by atoms with Crippen molar-refractivity contribution in [1.82, 2.24) is 4.90 Å². The lowest BCUT2D eigenvalue weighted by molar-refractivity contribution is -0.137. The van der Waals surface area contributed by atoms with Crippen molar-refractivity contribution < 1.29 is 19.5 Å². The highest BCUT2D eigenvalue weighted by Crippen LogP contribution is 2.31. The molecule has 0 aliphatic carbocycles. The van der Waals surface area contributed by atoms with E-state index >= 15 is 0 Å². The molecule has 0 saturated carbocycles. The maximum absolute atomic E-state index is 12.2. The first-order valence-corrected chi connectivity index (χ1v) is 7.94. The van der Waals surface area contributed by atoms with Crippen molar-refractivity contribution in [2.24, 2.45) is 0 Å². The van der Waals surface area contributed by atoms with Crippen molar-refractivity contribution in [2.45, 2.75) is 19.8 Å². The zero-order chi connectivity index (χ0) is 17.3. The third-order valence-electron chi connectivity index (χ3n) is 4.21. The summed E-state index contributed by atoms with van der Waals surface area (Å²) in [5.41, 5.74) is 2.81. The summed E-state index contributed by atoms with van der Waals surface area (Å²) in [6.45, 7) is 2.27. The predicted molar refractivity (Wildman–Crippen MR) is 88.3 cm³/mol. The maximum Gasteiger partial charge on any atom is 0.277 e. The molecular formula is C17H19N3O4. The molecule has 0 saturated heterocycles. The molecule has 2 heterocycles. The number of hydrogen-bond acceptors (Lipinski definition) is 5. The molecule has 7 heteroatoms. The highest BCUT2D eigenvalue weighted by Gasteiger charge is 2.31. The molecule has 3 amide bonds. The molecule has 0 atom stereocenters. The van der Waals surface area contributed by atoms with Gasteiger partial charge in [-0.05, 0) is 37.1 Å². The molecule has 0 bridgehead atoms. The Morgan fingerprint density at radius 3 is 2.67 bits per heavy atom. The second kappa shape index (κ2) is 6.45. The predicted octanol–water partition coefficient (Wildman–Crippen LogP) is 0.643. The Kier molecular flexibility index (Phi) is 4.35. The minimum absolute atomic E-state index is 0.0168. The third-order valence-corrected chi connectivity index (χ3v) is 4.21. The van der Waals surface area contributed by atoms with Gasteiger partial charge < -0.3 is 15.3 Å². The van der Waals surface area contributed by atoms with Gasteiger partial charge in [-0.3, -0.25) is 19.3 Å². The molecule has 0 aromatic heterocycles. The van der Waals surface area contributed by atoms with Crippen LogP contribution in [0.25, 0.3) is 0 Å². The minimum Gasteiger partial charge on any atom is -0.395 e. The minimum atomic E-state index is -0.447. The molecule has 7 nitrogen and oxygen atoms in total. The van der Waals surface area contributed by atoms with Crippen LogP contribution in [0.3, 0.4) is 0 Å². The van der Waals surface area contributed by atoms with Gasteiger partial charge in [0.05, 0.1) is 13.2 Å². The molecule has 2 aliphatic heterocycles. The molecule has 2 aliphatic rings. The number of amides is 3. The monoisotopic (exact) mass is 329 g/mol. The standard InChI is InChI=1S/C17H19N3O4/c1-2-19-14-5-4-12(9-11(14)3-6-15(19)22)18-13-10-16(23)20(7-8-21)17(13)24/h4-5,9-10,18,21H,2-3,6-8H2,1H3. The molecule has 3 rings (SSSR count). The number of anilines is 2. The van der Waals surface area contributed by atoms with Crippen LogP contribution >= 0.6 is 0 Å². The number of benzene rings is 1. The van der Waals surface area contributed by atoms with Crippen LogP contribution in [0.2, 0.25) is 0 Å². The Morgan fingerprint density at radius 2 is 1.96 bits per heavy atom. The lowest BCUT2D eigenvalue weighted by Gasteiger charge is -2.28. The summed E-state index contributed by atoms with van der Waals surface area (Å²) in [5.74, 6) is -0.765. The summed E-state index contributed by atoms with van der Waals surface area (Å²) in [7, 11) is 0. The molecule has 2 N–H and O–H groups in total. The van der Waals surface area contributed by atoms with Gasteiger partial charge in [-0.15, -0.1) is 0 Å². The van der Waals surface area contributed by atoms with Crippen LogP contribution in [0, 0.1) is 0 Å². The van der Waals surface area contributed by atoms with Gasteiger partial charge in [0.1, 0.15) is 5.70 Å². The van der Waals surface area contributed by atoms with Crippen molar-refractivity contribution in [3.8, 4) is 0 Å². The van der Waals surface area contributed by atoms with Gasteiger partial charge in [0, 0.05) is 30.4 Å². The van der Waals surface area contributed by atoms with Crippen LogP contribution in [0.5, 0.6) is 0 Å². The van der Waals surface area contributed by atoms with Crippen molar-refractivity contribution in [1.29, 1.82) is 0 Å². The quantitative estimate of drug-likeness (QED) is 0.774. The number of nitrogens with one attached hydrogen (secondary N) is 1. The summed E-state index contributed by atoms with van der Waals surface area (Å²) < 4.78 is 0. The number of fused-ring (bicyclic) bond motifs is 1. The van der Waals surface area contributed by atoms with E-state index in [0.717, 1.165) is 16.2 Å². The number of imide groups is 1. The number of hydrogen-bond donors (Lipinski definition) is 2. The first-order chi connectivity index (χ1) is 11.5. The summed E-state index contributed by atoms with van der Waals surface area (Å²) in [6.07, 6.45) is 2.36. The zero-order valence-electron chi connectivity index (χ0n) is 13.4. The lowest BCUT2D eigenvalue weighted by Crippen LogP contribution is -2.35. The Bertz CT molecular complexity index is 741. The molecule has 1 aromatic rings. The van der Waals surface area contributed by atoms with E-state index < -0.39 is 11.8 Å². The maximum atomic E-state index is 12.2. The normalized spacial score (nSPS) is 17.2. The Balaban J connectivity index is 1.80. The number of β-amino-alcohol motifs (C(OH)–C–C–N with tert-alkyl or cyclic N) is 1. The van der Waals surface area contributed by atoms with Crippen LogP contribution in [0.15, 0.2) is 30.0 Å². The Labute approximate surface area is 139 Å². The summed E-state index contributed by atoms with van der Waals surface area (Å²) >= 11 is 0. The Hall–Kier alpha value is -2.67. The molecular weight excluding hydrogens is 310 g/mol. The van der Waals surface area contributed by atoms with Gasteiger partial charge in [-0.1, -0.05) is 0 Å². The SMILES string of the molecule is CCN1C(=O)CCc2cc(NC3=CC(=O)N(CCO)C3=O)ccc21. The van der Waals surface area contributed by atoms with E-state index in [-0.39, 0.29) is 24.8 Å². The summed E-state index contributed by atoms with van der Waals surface area (Å²) in [4.78, 5) is 38.6. The second-order valence-electron chi connectivity index (χ2n) is 5.68. The molecule has 24 heavy (non-hydrogen) atoms. The average Bonchev–Trinajstić information content (AvgIpc) is 2.83. The van der Waals surface area contributed by atoms with Gasteiger partial charge >= 0.3 is 0 Å². The number of aryl methyl sites for hydroxylation is 1. The van der Waals surface area contributed by atoms with E-state index in [0.29, 0.717) is 25.1 Å². The average molecular weight is 329 g/mol. The van der Waals surface area contributed by atoms with Crippen molar-refractivity contribution >= 4 is 29.1 Å². The third kappa shape index (κ3) is 2.78. The fourth-order valence-electron chi connectivity index (χ4n) is 3.05. The van der Waals surface area contributed by atoms with E-state index in [1.165, 1.54) is 6.08 Å². The molecule has 0 radical (unpaired) electrons. The van der Waals surface area contributed by atoms with Crippen LogP contribution in [-0.2, 0) is 20.8 Å². The second-order valence-corrected chi connectivity index (χ2v) is 5.68. The molecule has 0 spiro atoms. The van der Waals surface area contributed by atoms with Crippen LogP contribution in [-0.4, -0.2) is 47.4 Å². The molecule has 0 fully saturated rings. The first kappa shape index (κ1) is 16.2. The number of carbonyl (C=O) groups excluding carboxylic acids is 3. The van der Waals surface area contributed by atoms with Crippen LogP contribution in [0.1, 0.15) is 18.9 Å². The first-order valence-electron chi connectivity index (χ1n) is 7.94. The van der Waals surface area contributed by atoms with Crippen molar-refractivity contribution in [3.05, 3.63) is 35.5 Å². The summed E-state index contributed by atoms with van der Waals surface area (Å²) in [5, 5.41) is 11.9. The van der Waals surface area contributed by atoms with Crippen LogP contribution < -0.4 is 10.2 Å². The zero-order valence-corrected chi connectivity index (χ0v) is 13.4. The number of aliphatic hydroxyl groups is 1. The fraction of sp³-hybridized carbons (Fsp3) is 0.353. The van der Waals surface area contributed by atoms with Crippen LogP contribution in [0.4, 0.5) is 11.4 Å². The topological polar surface area (TPSA) is 90.0 Å². The summed E-state index contributed by atoms with van der Waals surface area (Å²) in [6, 6.07) is 5.54. The van der Waals surface area contributed by atoms with Gasteiger partial charge in [0.25, 0.3) is 11.8 Å². The van der Waals surface area contributed by atoms with Gasteiger partial charge in [-0.25, -0.2) is 0 Å². The van der Waals surface area contributed by atoms with E-state index in [1.54, 1.807) is 11.0 Å². The van der Waals surface area contributed by atoms with E-state index in [1.807, 2.05) is 19.1 Å². The molecule has 0 unspecified atom stereocenters. The van der Waals surface area contributed by atoms with Gasteiger partial charge in [-0.2, -0.15) is 0 Å². The Morgan fingerprint density at radius 1 is 1.17 bits per heavy atom. The highest BCUT2D eigenvalue weighted by atomic mass is 16.3. The van der Waals surface area contributed by atoms with Gasteiger partial charge in [0.15, 0.2) is 0 Å². The smallest absolute Gasteiger partial charge is 0.277 e. The van der Waals surface area contributed by atoms with E-state index in [2.05, 4.69) is 5.32 Å². The highest BCUT2D eigenvalue weighted by molar-refractivity contribution is 6.17. The van der Waals surface area contributed by atoms with E-state index in [9.17, 15) is 14.4 Å². The number of aliphatic hydroxyl groups excluding tert-OH is 1. The van der Waals surface area contributed by atoms with E-state index in [4.69, 9.17) is 5.11 Å². The van der Waals surface area contributed by atoms with Crippen molar-refractivity contribution in [3.63, 3.8) is 0 Å². The van der Waals surface area contributed by atoms with Gasteiger partial charge in [0.2, 0.25) is 5.91 Å². The molecule has 1 aromatic carbocycles. The number of rotatable bonds is 5. The molecule has 126 valence electrons. The lowest BCUT2D eigenvalue weighted by atomic mass is 10.0. The largest absolute Gasteiger partial charge is 0.395 e. The number of nitrogens with zero attached hydrogens (tertiary/aromatic N) is 2. The van der Waals surface area contributed by atoms with Crippen molar-refractivity contribution in [2.75, 3.05) is 29.9 Å². The number of carbonyl (C=O) groups is 3. The fourth-order valence-corrected chi connectivity index (χ4v) is 3.05.